The first-order valence-electron chi connectivity index (χ1n) is 3.38. The normalized spacial score (nSPS) is 7.23. The van der Waals surface area contributed by atoms with Crippen LogP contribution in [0.15, 0.2) is 0 Å². The van der Waals surface area contributed by atoms with Crippen molar-refractivity contribution in [1.29, 1.82) is 0 Å². The Hall–Kier alpha value is -0.941. The van der Waals surface area contributed by atoms with Gasteiger partial charge in [-0.25, -0.2) is 0 Å². The number of carbonyl (C=O) groups excluding carboxylic acids is 2. The van der Waals surface area contributed by atoms with Gasteiger partial charge in [0.05, 0.1) is 0 Å². The van der Waals surface area contributed by atoms with E-state index >= 15 is 0 Å². The van der Waals surface area contributed by atoms with Crippen LogP contribution >= 0.6 is 0 Å². The van der Waals surface area contributed by atoms with E-state index in [9.17, 15) is 9.90 Å². The molecule has 81 valence electrons. The summed E-state index contributed by atoms with van der Waals surface area (Å²) >= 11 is 0. The van der Waals surface area contributed by atoms with Crippen molar-refractivity contribution < 1.29 is 36.9 Å². The fraction of sp³-hybridized carbons (Fsp3) is 0.667. The summed E-state index contributed by atoms with van der Waals surface area (Å²) < 4.78 is 0. The maximum atomic E-state index is 9.98. The molecule has 0 unspecified atom stereocenters. The van der Waals surface area contributed by atoms with Gasteiger partial charge in [-0.05, 0) is 13.8 Å². The fourth-order valence-corrected chi connectivity index (χ4v) is 0.482. The van der Waals surface area contributed by atoms with Gasteiger partial charge in [-0.3, -0.25) is 0 Å². The molecule has 2 amide bonds. The molecule has 1 radical (unpaired) electrons. The number of nitrogens with two attached hydrogens (primary N) is 1. The summed E-state index contributed by atoms with van der Waals surface area (Å²) in [6.07, 6.45) is -2.67. The minimum atomic E-state index is -1.58. The number of hydrogen-bond donors (Lipinski definition) is 1. The van der Waals surface area contributed by atoms with Crippen LogP contribution in [-0.2, 0) is 17.1 Å². The summed E-state index contributed by atoms with van der Waals surface area (Å²) in [5.41, 5.74) is 3.92. The molecular formula is C6H12CuN2O4. The third kappa shape index (κ3) is 18.2. The van der Waals surface area contributed by atoms with Crippen LogP contribution in [0.1, 0.15) is 13.8 Å². The first-order chi connectivity index (χ1) is 5.45. The van der Waals surface area contributed by atoms with E-state index < -0.39 is 12.2 Å². The van der Waals surface area contributed by atoms with E-state index in [1.807, 2.05) is 0 Å². The zero-order valence-electron chi connectivity index (χ0n) is 7.37. The molecule has 0 fully saturated rings. The Balaban J connectivity index is -0.000000173. The molecule has 6 nitrogen and oxygen atoms in total. The molecule has 0 aliphatic rings. The summed E-state index contributed by atoms with van der Waals surface area (Å²) in [6.45, 7) is 4.58. The number of carbonyl (C=O) groups is 2. The summed E-state index contributed by atoms with van der Waals surface area (Å²) in [4.78, 5) is 19.9. The van der Waals surface area contributed by atoms with Crippen LogP contribution in [0.2, 0.25) is 0 Å². The van der Waals surface area contributed by atoms with Crippen LogP contribution in [0, 0.1) is 0 Å². The molecule has 0 atom stereocenters. The second-order valence-corrected chi connectivity index (χ2v) is 1.76. The smallest absolute Gasteiger partial charge is 0.530 e. The molecule has 0 aromatic carbocycles. The quantitative estimate of drug-likeness (QED) is 0.560. The number of carboxylic acid groups (broad SMARTS) is 2. The summed E-state index contributed by atoms with van der Waals surface area (Å²) in [5.74, 6) is 0. The van der Waals surface area contributed by atoms with E-state index in [0.717, 1.165) is 0 Å². The number of primary amides is 1. The van der Waals surface area contributed by atoms with E-state index in [4.69, 9.17) is 9.90 Å². The summed E-state index contributed by atoms with van der Waals surface area (Å²) in [5, 5.41) is 18.6. The Kier molecular flexibility index (Phi) is 15.3. The van der Waals surface area contributed by atoms with E-state index in [2.05, 4.69) is 5.73 Å². The monoisotopic (exact) mass is 239 g/mol. The Bertz CT molecular complexity index is 146. The number of amides is 2. The van der Waals surface area contributed by atoms with Gasteiger partial charge in [-0.15, -0.1) is 0 Å². The second-order valence-electron chi connectivity index (χ2n) is 1.76. The van der Waals surface area contributed by atoms with Crippen LogP contribution in [0.3, 0.4) is 0 Å². The van der Waals surface area contributed by atoms with Gasteiger partial charge >= 0.3 is 17.1 Å². The number of rotatable bonds is 2. The maximum absolute atomic E-state index is 9.98. The third-order valence-corrected chi connectivity index (χ3v) is 1.02. The van der Waals surface area contributed by atoms with Gasteiger partial charge in [-0.2, -0.15) is 0 Å². The van der Waals surface area contributed by atoms with E-state index in [1.165, 1.54) is 4.90 Å². The molecule has 0 rings (SSSR count). The van der Waals surface area contributed by atoms with Gasteiger partial charge in [0.2, 0.25) is 0 Å². The van der Waals surface area contributed by atoms with Gasteiger partial charge in [0.1, 0.15) is 12.2 Å². The largest absolute Gasteiger partial charge is 2.00 e. The zero-order valence-corrected chi connectivity index (χ0v) is 8.31. The van der Waals surface area contributed by atoms with E-state index in [-0.39, 0.29) is 17.1 Å². The minimum Gasteiger partial charge on any atom is -0.530 e. The SMILES string of the molecule is CCN(CC)C(=O)[O-].NC(=O)[O-].[Cu+2]. The molecule has 0 saturated carbocycles. The molecule has 0 bridgehead atoms. The van der Waals surface area contributed by atoms with Crippen molar-refractivity contribution in [1.82, 2.24) is 4.90 Å². The Morgan fingerprint density at radius 2 is 1.46 bits per heavy atom. The van der Waals surface area contributed by atoms with Crippen molar-refractivity contribution in [2.24, 2.45) is 5.73 Å². The van der Waals surface area contributed by atoms with Gasteiger partial charge in [0, 0.05) is 13.1 Å². The van der Waals surface area contributed by atoms with Crippen LogP contribution in [0.25, 0.3) is 0 Å². The molecule has 0 aliphatic heterocycles. The second kappa shape index (κ2) is 11.1. The van der Waals surface area contributed by atoms with Crippen LogP contribution in [0.4, 0.5) is 9.59 Å². The molecule has 2 N–H and O–H groups in total. The maximum Gasteiger partial charge on any atom is 2.00 e. The Morgan fingerprint density at radius 3 is 1.46 bits per heavy atom. The fourth-order valence-electron chi connectivity index (χ4n) is 0.482. The molecule has 0 aliphatic carbocycles. The topological polar surface area (TPSA) is 110 Å². The molecule has 0 spiro atoms. The molecule has 0 heterocycles. The van der Waals surface area contributed by atoms with Gasteiger partial charge in [0.15, 0.2) is 0 Å². The molecule has 0 saturated heterocycles. The predicted octanol–water partition coefficient (Wildman–Crippen LogP) is -2.04. The molecule has 0 aromatic heterocycles. The third-order valence-electron chi connectivity index (χ3n) is 1.02. The van der Waals surface area contributed by atoms with Crippen molar-refractivity contribution in [3.05, 3.63) is 0 Å². The standard InChI is InChI=1S/C5H11NO2.CH3NO2.Cu/c1-3-6(4-2)5(7)8;2-1(3)4;/h3-4H2,1-2H3,(H,7,8);2H2,(H,3,4);/q;;+2/p-2. The molecular weight excluding hydrogens is 228 g/mol. The minimum absolute atomic E-state index is 0. The predicted molar refractivity (Wildman–Crippen MR) is 37.9 cm³/mol. The van der Waals surface area contributed by atoms with Crippen molar-refractivity contribution in [2.75, 3.05) is 13.1 Å². The van der Waals surface area contributed by atoms with Crippen LogP contribution in [-0.4, -0.2) is 30.2 Å². The van der Waals surface area contributed by atoms with E-state index in [1.54, 1.807) is 13.8 Å². The van der Waals surface area contributed by atoms with Crippen molar-refractivity contribution in [3.63, 3.8) is 0 Å². The molecule has 13 heavy (non-hydrogen) atoms. The van der Waals surface area contributed by atoms with E-state index in [0.29, 0.717) is 13.1 Å². The van der Waals surface area contributed by atoms with Crippen molar-refractivity contribution in [3.8, 4) is 0 Å². The summed E-state index contributed by atoms with van der Waals surface area (Å²) in [7, 11) is 0. The zero-order chi connectivity index (χ0) is 10.1. The first-order valence-corrected chi connectivity index (χ1v) is 3.38. The van der Waals surface area contributed by atoms with Crippen molar-refractivity contribution in [2.45, 2.75) is 13.8 Å². The Morgan fingerprint density at radius 1 is 1.23 bits per heavy atom. The van der Waals surface area contributed by atoms with Crippen LogP contribution in [0.5, 0.6) is 0 Å². The Labute approximate surface area is 87.2 Å². The van der Waals surface area contributed by atoms with Crippen molar-refractivity contribution >= 4 is 12.2 Å². The average molecular weight is 240 g/mol. The molecule has 0 aromatic rings. The number of hydrogen-bond acceptors (Lipinski definition) is 4. The van der Waals surface area contributed by atoms with Crippen LogP contribution < -0.4 is 15.9 Å². The van der Waals surface area contributed by atoms with Gasteiger partial charge < -0.3 is 30.4 Å². The average Bonchev–Trinajstić information content (AvgIpc) is 1.87. The summed E-state index contributed by atoms with van der Waals surface area (Å²) in [6, 6.07) is 0. The van der Waals surface area contributed by atoms with Gasteiger partial charge in [-0.1, -0.05) is 0 Å². The first kappa shape index (κ1) is 18.0. The van der Waals surface area contributed by atoms with Gasteiger partial charge in [0.25, 0.3) is 0 Å². The number of nitrogens with zero attached hydrogens (tertiary/aromatic N) is 1. The molecule has 7 heteroatoms.